The fraction of sp³-hybridized carbons (Fsp3) is 0.455. The minimum atomic E-state index is -0.166. The van der Waals surface area contributed by atoms with Gasteiger partial charge in [0.2, 0.25) is 0 Å². The van der Waals surface area contributed by atoms with Gasteiger partial charge in [0.25, 0.3) is 0 Å². The number of anilines is 1. The molecule has 1 aromatic carbocycles. The van der Waals surface area contributed by atoms with Gasteiger partial charge in [-0.15, -0.1) is 0 Å². The third kappa shape index (κ3) is 2.72. The van der Waals surface area contributed by atoms with E-state index in [1.54, 1.807) is 12.1 Å². The molecule has 1 atom stereocenters. The van der Waals surface area contributed by atoms with Gasteiger partial charge in [0.15, 0.2) is 0 Å². The maximum atomic E-state index is 13.3. The maximum absolute atomic E-state index is 13.3. The van der Waals surface area contributed by atoms with E-state index in [1.165, 1.54) is 0 Å². The summed E-state index contributed by atoms with van der Waals surface area (Å²) in [6.07, 6.45) is 0.993. The first kappa shape index (κ1) is 10.0. The molecule has 0 aromatic heterocycles. The van der Waals surface area contributed by atoms with E-state index < -0.39 is 0 Å². The Balaban J connectivity index is 2.77. The van der Waals surface area contributed by atoms with Gasteiger partial charge >= 0.3 is 0 Å². The van der Waals surface area contributed by atoms with Gasteiger partial charge in [0, 0.05) is 6.04 Å². The number of hydrogen-bond donors (Lipinski definition) is 1. The van der Waals surface area contributed by atoms with Crippen LogP contribution in [0.25, 0.3) is 0 Å². The minimum absolute atomic E-state index is 0.166. The van der Waals surface area contributed by atoms with Crippen molar-refractivity contribution in [1.82, 2.24) is 0 Å². The molecule has 0 heterocycles. The number of nitrogens with one attached hydrogen (secondary N) is 1. The average molecular weight is 181 g/mol. The van der Waals surface area contributed by atoms with Crippen LogP contribution in [0, 0.1) is 12.7 Å². The van der Waals surface area contributed by atoms with E-state index in [2.05, 4.69) is 12.2 Å². The molecule has 0 saturated heterocycles. The van der Waals surface area contributed by atoms with Crippen LogP contribution in [-0.4, -0.2) is 6.04 Å². The normalized spacial score (nSPS) is 12.6. The van der Waals surface area contributed by atoms with Gasteiger partial charge in [-0.3, -0.25) is 0 Å². The molecule has 0 saturated carbocycles. The van der Waals surface area contributed by atoms with Crippen LogP contribution >= 0.6 is 0 Å². The molecule has 72 valence electrons. The zero-order valence-corrected chi connectivity index (χ0v) is 8.39. The fourth-order valence-corrected chi connectivity index (χ4v) is 1.10. The molecule has 1 aromatic rings. The Morgan fingerprint density at radius 1 is 1.46 bits per heavy atom. The van der Waals surface area contributed by atoms with Gasteiger partial charge in [-0.1, -0.05) is 13.0 Å². The van der Waals surface area contributed by atoms with Crippen molar-refractivity contribution in [3.63, 3.8) is 0 Å². The van der Waals surface area contributed by atoms with E-state index in [-0.39, 0.29) is 5.82 Å². The molecule has 13 heavy (non-hydrogen) atoms. The monoisotopic (exact) mass is 181 g/mol. The van der Waals surface area contributed by atoms with Crippen molar-refractivity contribution in [3.8, 4) is 0 Å². The number of hydrogen-bond acceptors (Lipinski definition) is 1. The highest BCUT2D eigenvalue weighted by Crippen LogP contribution is 2.16. The zero-order chi connectivity index (χ0) is 9.84. The predicted octanol–water partition coefficient (Wildman–Crippen LogP) is 3.34. The molecule has 1 nitrogen and oxygen atoms in total. The number of halogens is 1. The first-order valence-electron chi connectivity index (χ1n) is 4.66. The summed E-state index contributed by atoms with van der Waals surface area (Å²) in [5, 5.41) is 3.11. The maximum Gasteiger partial charge on any atom is 0.146 e. The number of aryl methyl sites for hydroxylation is 1. The second-order valence-electron chi connectivity index (χ2n) is 3.44. The molecular formula is C11H16FN. The second-order valence-corrected chi connectivity index (χ2v) is 3.44. The van der Waals surface area contributed by atoms with Crippen molar-refractivity contribution in [2.45, 2.75) is 33.2 Å². The quantitative estimate of drug-likeness (QED) is 0.754. The highest BCUT2D eigenvalue weighted by atomic mass is 19.1. The van der Waals surface area contributed by atoms with Crippen molar-refractivity contribution < 1.29 is 4.39 Å². The summed E-state index contributed by atoms with van der Waals surface area (Å²) in [7, 11) is 0. The summed E-state index contributed by atoms with van der Waals surface area (Å²) in [5.74, 6) is -0.166. The smallest absolute Gasteiger partial charge is 0.146 e. The van der Waals surface area contributed by atoms with Crippen molar-refractivity contribution in [2.75, 3.05) is 5.32 Å². The fourth-order valence-electron chi connectivity index (χ4n) is 1.10. The summed E-state index contributed by atoms with van der Waals surface area (Å²) >= 11 is 0. The highest BCUT2D eigenvalue weighted by molar-refractivity contribution is 5.46. The first-order valence-corrected chi connectivity index (χ1v) is 4.66. The van der Waals surface area contributed by atoms with Gasteiger partial charge in [0.05, 0.1) is 5.69 Å². The Morgan fingerprint density at radius 2 is 2.15 bits per heavy atom. The van der Waals surface area contributed by atoms with Crippen molar-refractivity contribution in [2.24, 2.45) is 0 Å². The Bertz CT molecular complexity index is 283. The molecule has 0 aliphatic rings. The third-order valence-corrected chi connectivity index (χ3v) is 2.14. The van der Waals surface area contributed by atoms with E-state index in [9.17, 15) is 4.39 Å². The third-order valence-electron chi connectivity index (χ3n) is 2.14. The lowest BCUT2D eigenvalue weighted by atomic mass is 10.2. The van der Waals surface area contributed by atoms with Gasteiger partial charge < -0.3 is 5.32 Å². The van der Waals surface area contributed by atoms with Crippen molar-refractivity contribution in [1.29, 1.82) is 0 Å². The van der Waals surface area contributed by atoms with E-state index in [0.29, 0.717) is 11.7 Å². The summed E-state index contributed by atoms with van der Waals surface area (Å²) in [6, 6.07) is 5.56. The van der Waals surface area contributed by atoms with E-state index in [1.807, 2.05) is 19.9 Å². The second kappa shape index (κ2) is 4.26. The van der Waals surface area contributed by atoms with Crippen LogP contribution in [-0.2, 0) is 0 Å². The molecule has 0 aliphatic heterocycles. The van der Waals surface area contributed by atoms with Gasteiger partial charge in [-0.2, -0.15) is 0 Å². The Labute approximate surface area is 79.0 Å². The number of rotatable bonds is 3. The average Bonchev–Trinajstić information content (AvgIpc) is 2.09. The standard InChI is InChI=1S/C11H16FN/c1-4-9(3)13-11-6-5-8(2)7-10(11)12/h5-7,9,13H,4H2,1-3H3/t9-/m0/s1. The Hall–Kier alpha value is -1.05. The molecular weight excluding hydrogens is 165 g/mol. The lowest BCUT2D eigenvalue weighted by molar-refractivity contribution is 0.624. The molecule has 1 N–H and O–H groups in total. The van der Waals surface area contributed by atoms with Crippen LogP contribution in [0.2, 0.25) is 0 Å². The zero-order valence-electron chi connectivity index (χ0n) is 8.39. The molecule has 1 rings (SSSR count). The molecule has 0 spiro atoms. The van der Waals surface area contributed by atoms with Crippen LogP contribution in [0.5, 0.6) is 0 Å². The Morgan fingerprint density at radius 3 is 2.69 bits per heavy atom. The van der Waals surface area contributed by atoms with Crippen LogP contribution in [0.3, 0.4) is 0 Å². The van der Waals surface area contributed by atoms with Crippen LogP contribution in [0.1, 0.15) is 25.8 Å². The SMILES string of the molecule is CC[C@H](C)Nc1ccc(C)cc1F. The molecule has 0 bridgehead atoms. The first-order chi connectivity index (χ1) is 6.13. The molecule has 0 fully saturated rings. The Kier molecular flexibility index (Phi) is 3.29. The molecule has 0 aliphatic carbocycles. The van der Waals surface area contributed by atoms with Crippen molar-refractivity contribution in [3.05, 3.63) is 29.6 Å². The molecule has 0 unspecified atom stereocenters. The number of benzene rings is 1. The molecule has 2 heteroatoms. The largest absolute Gasteiger partial charge is 0.380 e. The van der Waals surface area contributed by atoms with Crippen LogP contribution in [0.4, 0.5) is 10.1 Å². The minimum Gasteiger partial charge on any atom is -0.380 e. The van der Waals surface area contributed by atoms with Gasteiger partial charge in [-0.05, 0) is 38.0 Å². The summed E-state index contributed by atoms with van der Waals surface area (Å²) in [5.41, 5.74) is 1.55. The van der Waals surface area contributed by atoms with Crippen LogP contribution in [0.15, 0.2) is 18.2 Å². The molecule has 0 radical (unpaired) electrons. The van der Waals surface area contributed by atoms with E-state index in [4.69, 9.17) is 0 Å². The van der Waals surface area contributed by atoms with Gasteiger partial charge in [0.1, 0.15) is 5.82 Å². The highest BCUT2D eigenvalue weighted by Gasteiger charge is 2.03. The topological polar surface area (TPSA) is 12.0 Å². The summed E-state index contributed by atoms with van der Waals surface area (Å²) in [6.45, 7) is 6.00. The summed E-state index contributed by atoms with van der Waals surface area (Å²) < 4.78 is 13.3. The summed E-state index contributed by atoms with van der Waals surface area (Å²) in [4.78, 5) is 0. The predicted molar refractivity (Wildman–Crippen MR) is 54.5 cm³/mol. The lowest BCUT2D eigenvalue weighted by Gasteiger charge is -2.13. The van der Waals surface area contributed by atoms with Crippen molar-refractivity contribution >= 4 is 5.69 Å². The lowest BCUT2D eigenvalue weighted by Crippen LogP contribution is -2.14. The van der Waals surface area contributed by atoms with E-state index in [0.717, 1.165) is 12.0 Å². The van der Waals surface area contributed by atoms with E-state index >= 15 is 0 Å². The van der Waals surface area contributed by atoms with Crippen LogP contribution < -0.4 is 5.32 Å². The molecule has 0 amide bonds. The van der Waals surface area contributed by atoms with Gasteiger partial charge in [-0.25, -0.2) is 4.39 Å².